The van der Waals surface area contributed by atoms with Crippen LogP contribution in [0.3, 0.4) is 0 Å². The predicted molar refractivity (Wildman–Crippen MR) is 59.6 cm³/mol. The maximum atomic E-state index is 11.0. The van der Waals surface area contributed by atoms with Gasteiger partial charge in [0, 0.05) is 22.0 Å². The summed E-state index contributed by atoms with van der Waals surface area (Å²) < 4.78 is 11.0. The monoisotopic (exact) mass is 198 g/mol. The van der Waals surface area contributed by atoms with Gasteiger partial charge in [-0.1, -0.05) is 19.9 Å². The zero-order valence-electron chi connectivity index (χ0n) is 9.05. The van der Waals surface area contributed by atoms with Gasteiger partial charge in [0.25, 0.3) is 0 Å². The molecule has 0 aromatic heterocycles. The standard InChI is InChI=1S/C9H12OS.C2H6/c1-7-4-5-9(11(3)10)6-8(7)2;1-2/h4-6H,1-3H3;1-2H3. The van der Waals surface area contributed by atoms with E-state index in [1.807, 2.05) is 39.0 Å². The molecular formula is C11H18OS. The highest BCUT2D eigenvalue weighted by Crippen LogP contribution is 2.11. The second-order valence-corrected chi connectivity index (χ2v) is 4.08. The summed E-state index contributed by atoms with van der Waals surface area (Å²) in [6, 6.07) is 5.90. The molecule has 13 heavy (non-hydrogen) atoms. The summed E-state index contributed by atoms with van der Waals surface area (Å²) in [7, 11) is -0.847. The first kappa shape index (κ1) is 12.4. The molecule has 2 heteroatoms. The van der Waals surface area contributed by atoms with Gasteiger partial charge in [-0.25, -0.2) is 0 Å². The van der Waals surface area contributed by atoms with Gasteiger partial charge in [-0.2, -0.15) is 0 Å². The quantitative estimate of drug-likeness (QED) is 0.678. The van der Waals surface area contributed by atoms with E-state index in [0.29, 0.717) is 0 Å². The van der Waals surface area contributed by atoms with Crippen molar-refractivity contribution in [2.75, 3.05) is 6.26 Å². The van der Waals surface area contributed by atoms with Crippen LogP contribution in [0, 0.1) is 13.8 Å². The Morgan fingerprint density at radius 2 is 1.62 bits per heavy atom. The lowest BCUT2D eigenvalue weighted by molar-refractivity contribution is 0.686. The van der Waals surface area contributed by atoms with E-state index >= 15 is 0 Å². The highest BCUT2D eigenvalue weighted by atomic mass is 32.2. The highest BCUT2D eigenvalue weighted by Gasteiger charge is 1.98. The number of hydrogen-bond acceptors (Lipinski definition) is 1. The molecular weight excluding hydrogens is 180 g/mol. The summed E-state index contributed by atoms with van der Waals surface area (Å²) in [4.78, 5) is 0.910. The Morgan fingerprint density at radius 1 is 1.08 bits per heavy atom. The van der Waals surface area contributed by atoms with E-state index < -0.39 is 10.8 Å². The van der Waals surface area contributed by atoms with Crippen LogP contribution in [0.25, 0.3) is 0 Å². The Morgan fingerprint density at radius 3 is 2.00 bits per heavy atom. The third-order valence-electron chi connectivity index (χ3n) is 1.81. The minimum Gasteiger partial charge on any atom is -0.255 e. The van der Waals surface area contributed by atoms with Crippen molar-refractivity contribution in [2.24, 2.45) is 0 Å². The van der Waals surface area contributed by atoms with Crippen molar-refractivity contribution >= 4 is 10.8 Å². The van der Waals surface area contributed by atoms with Crippen LogP contribution in [0.4, 0.5) is 0 Å². The van der Waals surface area contributed by atoms with Gasteiger partial charge in [-0.15, -0.1) is 0 Å². The first-order valence-corrected chi connectivity index (χ1v) is 6.08. The predicted octanol–water partition coefficient (Wildman–Crippen LogP) is 3.07. The molecule has 1 rings (SSSR count). The molecule has 0 aliphatic heterocycles. The second kappa shape index (κ2) is 5.92. The number of benzene rings is 1. The lowest BCUT2D eigenvalue weighted by Crippen LogP contribution is -1.89. The van der Waals surface area contributed by atoms with Crippen LogP contribution in [0.1, 0.15) is 25.0 Å². The van der Waals surface area contributed by atoms with Crippen LogP contribution >= 0.6 is 0 Å². The van der Waals surface area contributed by atoms with E-state index in [4.69, 9.17) is 0 Å². The van der Waals surface area contributed by atoms with E-state index in [0.717, 1.165) is 4.90 Å². The molecule has 0 N–H and O–H groups in total. The highest BCUT2D eigenvalue weighted by molar-refractivity contribution is 7.84. The molecule has 0 radical (unpaired) electrons. The smallest absolute Gasteiger partial charge is 0.0498 e. The fourth-order valence-electron chi connectivity index (χ4n) is 0.893. The average Bonchev–Trinajstić information content (AvgIpc) is 2.13. The molecule has 0 aliphatic carbocycles. The molecule has 74 valence electrons. The lowest BCUT2D eigenvalue weighted by atomic mass is 10.1. The first-order valence-electron chi connectivity index (χ1n) is 4.52. The first-order chi connectivity index (χ1) is 6.11. The zero-order valence-corrected chi connectivity index (χ0v) is 9.87. The maximum Gasteiger partial charge on any atom is 0.0498 e. The molecule has 0 aliphatic rings. The Labute approximate surface area is 83.6 Å². The largest absolute Gasteiger partial charge is 0.255 e. The molecule has 1 unspecified atom stereocenters. The van der Waals surface area contributed by atoms with Crippen LogP contribution in [-0.2, 0) is 10.8 Å². The summed E-state index contributed by atoms with van der Waals surface area (Å²) >= 11 is 0. The average molecular weight is 198 g/mol. The molecule has 0 amide bonds. The molecule has 1 aromatic rings. The molecule has 0 bridgehead atoms. The van der Waals surface area contributed by atoms with Crippen molar-refractivity contribution in [3.8, 4) is 0 Å². The van der Waals surface area contributed by atoms with Crippen LogP contribution in [0.5, 0.6) is 0 Å². The van der Waals surface area contributed by atoms with E-state index in [1.54, 1.807) is 6.26 Å². The van der Waals surface area contributed by atoms with Crippen LogP contribution in [-0.4, -0.2) is 10.5 Å². The summed E-state index contributed by atoms with van der Waals surface area (Å²) in [6.07, 6.45) is 1.70. The Bertz CT molecular complexity index is 292. The van der Waals surface area contributed by atoms with E-state index in [1.165, 1.54) is 11.1 Å². The van der Waals surface area contributed by atoms with E-state index in [2.05, 4.69) is 6.92 Å². The van der Waals surface area contributed by atoms with Crippen LogP contribution in [0.2, 0.25) is 0 Å². The normalized spacial score (nSPS) is 11.5. The van der Waals surface area contributed by atoms with Gasteiger partial charge in [-0.3, -0.25) is 4.21 Å². The molecule has 0 fully saturated rings. The van der Waals surface area contributed by atoms with Gasteiger partial charge in [0.2, 0.25) is 0 Å². The van der Waals surface area contributed by atoms with Crippen LogP contribution < -0.4 is 0 Å². The summed E-state index contributed by atoms with van der Waals surface area (Å²) in [5.74, 6) is 0. The third kappa shape index (κ3) is 3.73. The molecule has 0 spiro atoms. The van der Waals surface area contributed by atoms with Crippen molar-refractivity contribution in [3.05, 3.63) is 29.3 Å². The molecule has 1 aromatic carbocycles. The third-order valence-corrected chi connectivity index (χ3v) is 2.73. The number of rotatable bonds is 1. The summed E-state index contributed by atoms with van der Waals surface area (Å²) in [6.45, 7) is 8.09. The van der Waals surface area contributed by atoms with Crippen molar-refractivity contribution in [3.63, 3.8) is 0 Å². The maximum absolute atomic E-state index is 11.0. The minimum atomic E-state index is -0.847. The molecule has 1 atom stereocenters. The van der Waals surface area contributed by atoms with Gasteiger partial charge in [0.1, 0.15) is 0 Å². The van der Waals surface area contributed by atoms with Crippen molar-refractivity contribution in [2.45, 2.75) is 32.6 Å². The fraction of sp³-hybridized carbons (Fsp3) is 0.455. The molecule has 1 nitrogen and oxygen atoms in total. The van der Waals surface area contributed by atoms with Gasteiger partial charge >= 0.3 is 0 Å². The second-order valence-electron chi connectivity index (χ2n) is 2.70. The Balaban J connectivity index is 0.000000671. The Kier molecular flexibility index (Phi) is 5.63. The van der Waals surface area contributed by atoms with Gasteiger partial charge in [0.15, 0.2) is 0 Å². The van der Waals surface area contributed by atoms with Crippen molar-refractivity contribution in [1.82, 2.24) is 0 Å². The van der Waals surface area contributed by atoms with Gasteiger partial charge < -0.3 is 0 Å². The Hall–Kier alpha value is -0.630. The summed E-state index contributed by atoms with van der Waals surface area (Å²) in [5, 5.41) is 0. The van der Waals surface area contributed by atoms with E-state index in [-0.39, 0.29) is 0 Å². The van der Waals surface area contributed by atoms with Gasteiger partial charge in [0.05, 0.1) is 0 Å². The SMILES string of the molecule is CC.Cc1ccc(S(C)=O)cc1C. The molecule has 0 saturated heterocycles. The van der Waals surface area contributed by atoms with Crippen LogP contribution in [0.15, 0.2) is 23.1 Å². The fourth-order valence-corrected chi connectivity index (χ4v) is 1.50. The lowest BCUT2D eigenvalue weighted by Gasteiger charge is -2.01. The van der Waals surface area contributed by atoms with E-state index in [9.17, 15) is 4.21 Å². The van der Waals surface area contributed by atoms with Crippen molar-refractivity contribution in [1.29, 1.82) is 0 Å². The topological polar surface area (TPSA) is 17.1 Å². The molecule has 0 heterocycles. The number of hydrogen-bond donors (Lipinski definition) is 0. The summed E-state index contributed by atoms with van der Waals surface area (Å²) in [5.41, 5.74) is 2.46. The molecule has 0 saturated carbocycles. The zero-order chi connectivity index (χ0) is 10.4. The van der Waals surface area contributed by atoms with Crippen molar-refractivity contribution < 1.29 is 4.21 Å². The van der Waals surface area contributed by atoms with Gasteiger partial charge in [-0.05, 0) is 37.1 Å². The number of aryl methyl sites for hydroxylation is 2. The minimum absolute atomic E-state index is 0.847.